The third kappa shape index (κ3) is 2.92. The maximum atomic E-state index is 6.15. The standard InChI is InChI=1S/C15H17BrClN3/c1-19-5-2-14(3-6-19)20-7-4-18-15(20)11-8-12(16)10-13(17)9-11/h4,7-10,14H,2-3,5-6H2,1H3. The van der Waals surface area contributed by atoms with E-state index in [1.807, 2.05) is 18.3 Å². The van der Waals surface area contributed by atoms with Crippen LogP contribution in [0.4, 0.5) is 0 Å². The minimum atomic E-state index is 0.529. The fourth-order valence-corrected chi connectivity index (χ4v) is 3.65. The Hall–Kier alpha value is -0.840. The van der Waals surface area contributed by atoms with Gasteiger partial charge in [0.25, 0.3) is 0 Å². The summed E-state index contributed by atoms with van der Waals surface area (Å²) in [6, 6.07) is 6.47. The van der Waals surface area contributed by atoms with Crippen LogP contribution in [0.15, 0.2) is 35.1 Å². The van der Waals surface area contributed by atoms with Crippen molar-refractivity contribution in [3.63, 3.8) is 0 Å². The van der Waals surface area contributed by atoms with Crippen molar-refractivity contribution < 1.29 is 0 Å². The van der Waals surface area contributed by atoms with Crippen LogP contribution in [-0.4, -0.2) is 34.6 Å². The van der Waals surface area contributed by atoms with Crippen molar-refractivity contribution in [1.82, 2.24) is 14.5 Å². The lowest BCUT2D eigenvalue weighted by Gasteiger charge is -2.30. The topological polar surface area (TPSA) is 21.1 Å². The Morgan fingerprint density at radius 2 is 2.00 bits per heavy atom. The van der Waals surface area contributed by atoms with Crippen LogP contribution in [0.3, 0.4) is 0 Å². The summed E-state index contributed by atoms with van der Waals surface area (Å²) in [6.45, 7) is 2.28. The summed E-state index contributed by atoms with van der Waals surface area (Å²) in [5.74, 6) is 1.00. The first-order valence-electron chi connectivity index (χ1n) is 6.81. The second kappa shape index (κ2) is 5.88. The monoisotopic (exact) mass is 353 g/mol. The van der Waals surface area contributed by atoms with Crippen LogP contribution in [0.25, 0.3) is 11.4 Å². The van der Waals surface area contributed by atoms with Gasteiger partial charge in [-0.2, -0.15) is 0 Å². The zero-order valence-corrected chi connectivity index (χ0v) is 13.7. The number of likely N-dealkylation sites (tertiary alicyclic amines) is 1. The smallest absolute Gasteiger partial charge is 0.140 e. The largest absolute Gasteiger partial charge is 0.328 e. The molecule has 1 aromatic heterocycles. The van der Waals surface area contributed by atoms with Crippen LogP contribution in [-0.2, 0) is 0 Å². The van der Waals surface area contributed by atoms with Crippen molar-refractivity contribution >= 4 is 27.5 Å². The number of halogens is 2. The lowest BCUT2D eigenvalue weighted by atomic mass is 10.0. The zero-order valence-electron chi connectivity index (χ0n) is 11.4. The van der Waals surface area contributed by atoms with Crippen molar-refractivity contribution in [2.45, 2.75) is 18.9 Å². The molecule has 0 bridgehead atoms. The summed E-state index contributed by atoms with van der Waals surface area (Å²) < 4.78 is 3.28. The van der Waals surface area contributed by atoms with E-state index in [0.717, 1.165) is 34.0 Å². The third-order valence-electron chi connectivity index (χ3n) is 3.87. The maximum Gasteiger partial charge on any atom is 0.140 e. The molecule has 1 fully saturated rings. The van der Waals surface area contributed by atoms with Crippen LogP contribution >= 0.6 is 27.5 Å². The summed E-state index contributed by atoms with van der Waals surface area (Å²) in [6.07, 6.45) is 6.30. The highest BCUT2D eigenvalue weighted by Gasteiger charge is 2.20. The van der Waals surface area contributed by atoms with Gasteiger partial charge in [-0.3, -0.25) is 0 Å². The van der Waals surface area contributed by atoms with Crippen molar-refractivity contribution in [3.05, 3.63) is 40.1 Å². The molecule has 0 aliphatic carbocycles. The molecule has 1 saturated heterocycles. The van der Waals surface area contributed by atoms with E-state index in [4.69, 9.17) is 11.6 Å². The van der Waals surface area contributed by atoms with Crippen LogP contribution in [0.2, 0.25) is 5.02 Å². The van der Waals surface area contributed by atoms with Crippen LogP contribution in [0.1, 0.15) is 18.9 Å². The van der Waals surface area contributed by atoms with E-state index in [-0.39, 0.29) is 0 Å². The molecule has 0 N–H and O–H groups in total. The molecule has 3 rings (SSSR count). The lowest BCUT2D eigenvalue weighted by Crippen LogP contribution is -2.31. The summed E-state index contributed by atoms with van der Waals surface area (Å²) in [4.78, 5) is 6.91. The Bertz CT molecular complexity index is 583. The molecule has 1 aromatic carbocycles. The molecule has 0 spiro atoms. The summed E-state index contributed by atoms with van der Waals surface area (Å²) in [7, 11) is 2.18. The molecule has 0 atom stereocenters. The van der Waals surface area contributed by atoms with E-state index >= 15 is 0 Å². The second-order valence-electron chi connectivity index (χ2n) is 5.35. The van der Waals surface area contributed by atoms with Gasteiger partial charge in [-0.15, -0.1) is 0 Å². The van der Waals surface area contributed by atoms with Crippen LogP contribution in [0.5, 0.6) is 0 Å². The number of piperidine rings is 1. The Labute approximate surface area is 132 Å². The van der Waals surface area contributed by atoms with E-state index in [1.54, 1.807) is 0 Å². The van der Waals surface area contributed by atoms with Crippen molar-refractivity contribution in [2.24, 2.45) is 0 Å². The first-order valence-corrected chi connectivity index (χ1v) is 7.98. The van der Waals surface area contributed by atoms with Gasteiger partial charge in [-0.1, -0.05) is 27.5 Å². The average molecular weight is 355 g/mol. The highest BCUT2D eigenvalue weighted by molar-refractivity contribution is 9.10. The maximum absolute atomic E-state index is 6.15. The molecular formula is C15H17BrClN3. The van der Waals surface area contributed by atoms with Gasteiger partial charge >= 0.3 is 0 Å². The predicted molar refractivity (Wildman–Crippen MR) is 86.1 cm³/mol. The second-order valence-corrected chi connectivity index (χ2v) is 6.70. The molecule has 0 radical (unpaired) electrons. The predicted octanol–water partition coefficient (Wildman–Crippen LogP) is 4.23. The molecule has 0 amide bonds. The van der Waals surface area contributed by atoms with Gasteiger partial charge in [-0.05, 0) is 51.2 Å². The molecule has 5 heteroatoms. The Balaban J connectivity index is 1.93. The van der Waals surface area contributed by atoms with E-state index in [2.05, 4.69) is 49.7 Å². The van der Waals surface area contributed by atoms with Crippen LogP contribution < -0.4 is 0 Å². The molecule has 20 heavy (non-hydrogen) atoms. The zero-order chi connectivity index (χ0) is 14.1. The fourth-order valence-electron chi connectivity index (χ4n) is 2.79. The minimum Gasteiger partial charge on any atom is -0.328 e. The number of hydrogen-bond acceptors (Lipinski definition) is 2. The van der Waals surface area contributed by atoms with Gasteiger partial charge in [-0.25, -0.2) is 4.98 Å². The molecule has 0 saturated carbocycles. The normalized spacial score (nSPS) is 17.6. The molecule has 2 aromatic rings. The number of aromatic nitrogens is 2. The average Bonchev–Trinajstić information content (AvgIpc) is 2.87. The van der Waals surface area contributed by atoms with Gasteiger partial charge in [0.05, 0.1) is 0 Å². The molecule has 1 aliphatic heterocycles. The van der Waals surface area contributed by atoms with E-state index in [0.29, 0.717) is 6.04 Å². The Morgan fingerprint density at radius 1 is 1.25 bits per heavy atom. The number of benzene rings is 1. The number of imidazole rings is 1. The Kier molecular flexibility index (Phi) is 4.15. The molecule has 1 aliphatic rings. The number of nitrogens with zero attached hydrogens (tertiary/aromatic N) is 3. The minimum absolute atomic E-state index is 0.529. The van der Waals surface area contributed by atoms with Gasteiger partial charge in [0.15, 0.2) is 0 Å². The molecule has 3 nitrogen and oxygen atoms in total. The lowest BCUT2D eigenvalue weighted by molar-refractivity contribution is 0.222. The van der Waals surface area contributed by atoms with Crippen molar-refractivity contribution in [1.29, 1.82) is 0 Å². The quantitative estimate of drug-likeness (QED) is 0.804. The highest BCUT2D eigenvalue weighted by atomic mass is 79.9. The summed E-state index contributed by atoms with van der Waals surface area (Å²) >= 11 is 9.65. The summed E-state index contributed by atoms with van der Waals surface area (Å²) in [5, 5.41) is 0.729. The van der Waals surface area contributed by atoms with Gasteiger partial charge in [0.2, 0.25) is 0 Å². The van der Waals surface area contributed by atoms with E-state index in [9.17, 15) is 0 Å². The van der Waals surface area contributed by atoms with Gasteiger partial charge < -0.3 is 9.47 Å². The van der Waals surface area contributed by atoms with E-state index < -0.39 is 0 Å². The van der Waals surface area contributed by atoms with Gasteiger partial charge in [0.1, 0.15) is 5.82 Å². The first kappa shape index (κ1) is 14.1. The molecule has 106 valence electrons. The molecular weight excluding hydrogens is 338 g/mol. The van der Waals surface area contributed by atoms with Crippen LogP contribution in [0, 0.1) is 0 Å². The third-order valence-corrected chi connectivity index (χ3v) is 4.55. The first-order chi connectivity index (χ1) is 9.63. The molecule has 2 heterocycles. The number of hydrogen-bond donors (Lipinski definition) is 0. The van der Waals surface area contributed by atoms with Crippen molar-refractivity contribution in [3.8, 4) is 11.4 Å². The van der Waals surface area contributed by atoms with Gasteiger partial charge in [0, 0.05) is 33.5 Å². The SMILES string of the molecule is CN1CCC(n2ccnc2-c2cc(Cl)cc(Br)c2)CC1. The van der Waals surface area contributed by atoms with Crippen molar-refractivity contribution in [2.75, 3.05) is 20.1 Å². The summed E-state index contributed by atoms with van der Waals surface area (Å²) in [5.41, 5.74) is 1.06. The fraction of sp³-hybridized carbons (Fsp3) is 0.400. The van der Waals surface area contributed by atoms with E-state index in [1.165, 1.54) is 12.8 Å². The Morgan fingerprint density at radius 3 is 2.70 bits per heavy atom. The highest BCUT2D eigenvalue weighted by Crippen LogP contribution is 2.30. The number of rotatable bonds is 2. The molecule has 0 unspecified atom stereocenters.